The molecule has 0 aliphatic carbocycles. The molecule has 1 aliphatic heterocycles. The molecule has 1 aliphatic rings. The molecule has 3 heterocycles. The van der Waals surface area contributed by atoms with Crippen LogP contribution in [0, 0.1) is 0 Å². The Bertz CT molecular complexity index is 1230. The topological polar surface area (TPSA) is 99.2 Å². The lowest BCUT2D eigenvalue weighted by molar-refractivity contribution is -0.192. The van der Waals surface area contributed by atoms with Crippen molar-refractivity contribution in [2.75, 3.05) is 6.54 Å². The molecule has 186 valence electrons. The molecule has 3 aromatic rings. The van der Waals surface area contributed by atoms with E-state index in [1.54, 1.807) is 6.20 Å². The van der Waals surface area contributed by atoms with E-state index in [1.165, 1.54) is 17.0 Å². The fraction of sp³-hybridized carbons (Fsp3) is 0.238. The number of aliphatic carboxylic acids is 1. The van der Waals surface area contributed by atoms with Crippen molar-refractivity contribution in [3.8, 4) is 11.4 Å². The van der Waals surface area contributed by atoms with Crippen LogP contribution < -0.4 is 0 Å². The van der Waals surface area contributed by atoms with E-state index >= 15 is 0 Å². The van der Waals surface area contributed by atoms with Crippen LogP contribution in [0.2, 0.25) is 5.02 Å². The Balaban J connectivity index is 0.000000429. The molecule has 0 bridgehead atoms. The Morgan fingerprint density at radius 1 is 1.06 bits per heavy atom. The number of hydrogen-bond acceptors (Lipinski definition) is 4. The number of halogens is 7. The maximum Gasteiger partial charge on any atom is 0.490 e. The smallest absolute Gasteiger partial charge is 0.475 e. The molecule has 2 N–H and O–H groups in total. The van der Waals surface area contributed by atoms with Gasteiger partial charge in [0.1, 0.15) is 0 Å². The van der Waals surface area contributed by atoms with E-state index in [0.29, 0.717) is 18.7 Å². The first-order valence-electron chi connectivity index (χ1n) is 9.73. The summed E-state index contributed by atoms with van der Waals surface area (Å²) in [5.74, 6) is -3.31. The van der Waals surface area contributed by atoms with Crippen molar-refractivity contribution in [2.45, 2.75) is 25.3 Å². The lowest BCUT2D eigenvalue weighted by Crippen LogP contribution is -2.36. The number of fused-ring (bicyclic) bond motifs is 1. The van der Waals surface area contributed by atoms with E-state index in [1.807, 2.05) is 18.2 Å². The third kappa shape index (κ3) is 5.91. The predicted octanol–water partition coefficient (Wildman–Crippen LogP) is 4.98. The molecule has 0 spiro atoms. The Morgan fingerprint density at radius 2 is 1.74 bits per heavy atom. The molecule has 0 radical (unpaired) electrons. The SMILES string of the molecule is O=C(O)C(F)(F)F.O=C(c1cccc(C(F)(F)F)c1Cl)N1CCc2c(n[nH]c2-c2ccccn2)C1. The number of benzene rings is 1. The Hall–Kier alpha value is -3.61. The summed E-state index contributed by atoms with van der Waals surface area (Å²) in [6, 6.07) is 8.88. The highest BCUT2D eigenvalue weighted by Crippen LogP contribution is 2.37. The van der Waals surface area contributed by atoms with E-state index in [-0.39, 0.29) is 12.1 Å². The number of rotatable bonds is 2. The number of hydrogen-bond donors (Lipinski definition) is 2. The van der Waals surface area contributed by atoms with Crippen molar-refractivity contribution < 1.29 is 41.0 Å². The van der Waals surface area contributed by atoms with E-state index in [9.17, 15) is 31.1 Å². The lowest BCUT2D eigenvalue weighted by Gasteiger charge is -2.27. The average molecular weight is 521 g/mol. The van der Waals surface area contributed by atoms with Gasteiger partial charge in [-0.3, -0.25) is 14.9 Å². The van der Waals surface area contributed by atoms with Crippen molar-refractivity contribution in [1.29, 1.82) is 0 Å². The molecule has 0 saturated carbocycles. The third-order valence-electron chi connectivity index (χ3n) is 4.91. The molecule has 14 heteroatoms. The molecular weight excluding hydrogens is 506 g/mol. The molecule has 1 amide bonds. The van der Waals surface area contributed by atoms with E-state index in [4.69, 9.17) is 21.5 Å². The zero-order chi connectivity index (χ0) is 26.0. The van der Waals surface area contributed by atoms with E-state index in [2.05, 4.69) is 15.2 Å². The number of aromatic nitrogens is 3. The van der Waals surface area contributed by atoms with Crippen LogP contribution in [0.5, 0.6) is 0 Å². The summed E-state index contributed by atoms with van der Waals surface area (Å²) in [7, 11) is 0. The molecule has 0 unspecified atom stereocenters. The number of pyridine rings is 1. The van der Waals surface area contributed by atoms with Gasteiger partial charge in [-0.15, -0.1) is 0 Å². The van der Waals surface area contributed by atoms with Crippen LogP contribution in [-0.2, 0) is 23.9 Å². The molecule has 0 fully saturated rings. The summed E-state index contributed by atoms with van der Waals surface area (Å²) >= 11 is 5.89. The second-order valence-electron chi connectivity index (χ2n) is 7.18. The van der Waals surface area contributed by atoms with Crippen molar-refractivity contribution >= 4 is 23.5 Å². The van der Waals surface area contributed by atoms with Crippen LogP contribution >= 0.6 is 11.6 Å². The number of H-pyrrole nitrogens is 1. The largest absolute Gasteiger partial charge is 0.490 e. The van der Waals surface area contributed by atoms with Crippen LogP contribution in [0.1, 0.15) is 27.2 Å². The summed E-state index contributed by atoms with van der Waals surface area (Å²) in [4.78, 5) is 27.5. The van der Waals surface area contributed by atoms with Gasteiger partial charge in [-0.2, -0.15) is 31.4 Å². The average Bonchev–Trinajstić information content (AvgIpc) is 3.21. The minimum Gasteiger partial charge on any atom is -0.475 e. The van der Waals surface area contributed by atoms with Crippen LogP contribution in [0.25, 0.3) is 11.4 Å². The van der Waals surface area contributed by atoms with Gasteiger partial charge >= 0.3 is 18.3 Å². The summed E-state index contributed by atoms with van der Waals surface area (Å²) in [5.41, 5.74) is 1.98. The first kappa shape index (κ1) is 26.0. The number of carboxylic acids is 1. The molecule has 7 nitrogen and oxygen atoms in total. The zero-order valence-corrected chi connectivity index (χ0v) is 18.2. The van der Waals surface area contributed by atoms with Gasteiger partial charge < -0.3 is 10.0 Å². The summed E-state index contributed by atoms with van der Waals surface area (Å²) in [6.45, 7) is 0.530. The lowest BCUT2D eigenvalue weighted by atomic mass is 10.0. The quantitative estimate of drug-likeness (QED) is 0.465. The van der Waals surface area contributed by atoms with Gasteiger partial charge in [0, 0.05) is 18.3 Å². The number of nitrogens with zero attached hydrogens (tertiary/aromatic N) is 3. The Labute approximate surface area is 198 Å². The van der Waals surface area contributed by atoms with Crippen LogP contribution in [0.3, 0.4) is 0 Å². The summed E-state index contributed by atoms with van der Waals surface area (Å²) in [5, 5.41) is 13.8. The van der Waals surface area contributed by atoms with Crippen LogP contribution in [-0.4, -0.2) is 49.8 Å². The van der Waals surface area contributed by atoms with Gasteiger partial charge in [0.05, 0.1) is 39.8 Å². The minimum absolute atomic E-state index is 0.166. The molecule has 0 saturated heterocycles. The van der Waals surface area contributed by atoms with Crippen LogP contribution in [0.4, 0.5) is 26.3 Å². The monoisotopic (exact) mass is 520 g/mol. The first-order valence-corrected chi connectivity index (χ1v) is 10.1. The second kappa shape index (κ2) is 9.94. The minimum atomic E-state index is -5.08. The summed E-state index contributed by atoms with van der Waals surface area (Å²) < 4.78 is 70.9. The zero-order valence-electron chi connectivity index (χ0n) is 17.4. The van der Waals surface area contributed by atoms with E-state index < -0.39 is 34.8 Å². The number of amides is 1. The Kier molecular flexibility index (Phi) is 7.38. The Morgan fingerprint density at radius 3 is 2.31 bits per heavy atom. The molecule has 35 heavy (non-hydrogen) atoms. The van der Waals surface area contributed by atoms with Crippen molar-refractivity contribution in [1.82, 2.24) is 20.1 Å². The first-order chi connectivity index (χ1) is 16.3. The van der Waals surface area contributed by atoms with Crippen LogP contribution in [0.15, 0.2) is 42.6 Å². The number of carbonyl (C=O) groups excluding carboxylic acids is 1. The number of carboxylic acid groups (broad SMARTS) is 1. The maximum absolute atomic E-state index is 13.1. The fourth-order valence-electron chi connectivity index (χ4n) is 3.29. The van der Waals surface area contributed by atoms with Gasteiger partial charge in [-0.1, -0.05) is 23.7 Å². The maximum atomic E-state index is 13.1. The number of alkyl halides is 6. The highest BCUT2D eigenvalue weighted by molar-refractivity contribution is 6.34. The highest BCUT2D eigenvalue weighted by Gasteiger charge is 2.38. The number of nitrogens with one attached hydrogen (secondary N) is 1. The molecule has 1 aromatic carbocycles. The van der Waals surface area contributed by atoms with Crippen molar-refractivity contribution in [2.24, 2.45) is 0 Å². The molecular formula is C21H15ClF6N4O3. The predicted molar refractivity (Wildman–Crippen MR) is 110 cm³/mol. The van der Waals surface area contributed by atoms with Gasteiger partial charge in [0.2, 0.25) is 0 Å². The van der Waals surface area contributed by atoms with Gasteiger partial charge in [0.15, 0.2) is 0 Å². The number of aromatic amines is 1. The molecule has 2 aromatic heterocycles. The molecule has 0 atom stereocenters. The number of carbonyl (C=O) groups is 2. The molecule has 4 rings (SSSR count). The fourth-order valence-corrected chi connectivity index (χ4v) is 3.61. The standard InChI is InChI=1S/C19H14ClF3N4O.C2HF3O2/c20-16-12(4-3-5-13(16)19(21,22)23)18(28)27-9-7-11-15(10-27)25-26-17(11)14-6-1-2-8-24-14;3-2(4,5)1(6)7/h1-6,8H,7,9-10H2,(H,25,26);(H,6,7). The van der Waals surface area contributed by atoms with Gasteiger partial charge in [-0.05, 0) is 30.7 Å². The van der Waals surface area contributed by atoms with Crippen molar-refractivity contribution in [3.63, 3.8) is 0 Å². The normalized spacial score (nSPS) is 13.5. The van der Waals surface area contributed by atoms with E-state index in [0.717, 1.165) is 23.0 Å². The summed E-state index contributed by atoms with van der Waals surface area (Å²) in [6.07, 6.45) is -7.51. The third-order valence-corrected chi connectivity index (χ3v) is 5.32. The van der Waals surface area contributed by atoms with Gasteiger partial charge in [-0.25, -0.2) is 4.79 Å². The second-order valence-corrected chi connectivity index (χ2v) is 7.56. The van der Waals surface area contributed by atoms with Gasteiger partial charge in [0.25, 0.3) is 5.91 Å². The van der Waals surface area contributed by atoms with Crippen molar-refractivity contribution in [3.05, 3.63) is 70.0 Å². The highest BCUT2D eigenvalue weighted by atomic mass is 35.5.